The van der Waals surface area contributed by atoms with Crippen molar-refractivity contribution in [3.8, 4) is 5.69 Å². The average Bonchev–Trinajstić information content (AvgIpc) is 2.72. The molecule has 0 saturated carbocycles. The molecule has 19 heavy (non-hydrogen) atoms. The van der Waals surface area contributed by atoms with E-state index in [1.54, 1.807) is 13.8 Å². The van der Waals surface area contributed by atoms with Crippen LogP contribution < -0.4 is 0 Å². The van der Waals surface area contributed by atoms with Gasteiger partial charge in [-0.05, 0) is 26.0 Å². The zero-order valence-corrected chi connectivity index (χ0v) is 10.4. The molecule has 2 aromatic rings. The van der Waals surface area contributed by atoms with Crippen LogP contribution in [0, 0.1) is 18.6 Å². The summed E-state index contributed by atoms with van der Waals surface area (Å²) >= 11 is 0. The summed E-state index contributed by atoms with van der Waals surface area (Å²) in [7, 11) is 0. The molecule has 0 bridgehead atoms. The highest BCUT2D eigenvalue weighted by molar-refractivity contribution is 5.85. The van der Waals surface area contributed by atoms with Gasteiger partial charge in [0.05, 0.1) is 6.61 Å². The number of nitrogens with zero attached hydrogens (tertiary/aromatic N) is 3. The third-order valence-corrected chi connectivity index (χ3v) is 2.36. The van der Waals surface area contributed by atoms with Crippen molar-refractivity contribution in [3.63, 3.8) is 0 Å². The number of esters is 1. The Balaban J connectivity index is 2.43. The van der Waals surface area contributed by atoms with Crippen molar-refractivity contribution in [1.82, 2.24) is 14.8 Å². The first-order chi connectivity index (χ1) is 9.02. The van der Waals surface area contributed by atoms with Crippen LogP contribution in [0.25, 0.3) is 5.69 Å². The third kappa shape index (κ3) is 2.59. The molecule has 0 fully saturated rings. The molecule has 0 saturated heterocycles. The first kappa shape index (κ1) is 13.1. The van der Waals surface area contributed by atoms with E-state index in [4.69, 9.17) is 4.74 Å². The molecular formula is C12H11F2N3O2. The molecule has 7 heteroatoms. The van der Waals surface area contributed by atoms with Crippen LogP contribution in [0.3, 0.4) is 0 Å². The van der Waals surface area contributed by atoms with Gasteiger partial charge in [0.25, 0.3) is 5.82 Å². The average molecular weight is 267 g/mol. The standard InChI is InChI=1S/C12H11F2N3O2/c1-3-19-12(18)11-15-7(2)17(16-11)10-5-4-8(13)6-9(10)14/h4-6H,3H2,1-2H3. The van der Waals surface area contributed by atoms with Gasteiger partial charge in [0, 0.05) is 6.07 Å². The Morgan fingerprint density at radius 2 is 2.16 bits per heavy atom. The van der Waals surface area contributed by atoms with E-state index in [9.17, 15) is 13.6 Å². The van der Waals surface area contributed by atoms with Crippen LogP contribution in [0.5, 0.6) is 0 Å². The number of halogens is 2. The van der Waals surface area contributed by atoms with E-state index >= 15 is 0 Å². The minimum absolute atomic E-state index is 0.0157. The quantitative estimate of drug-likeness (QED) is 0.798. The number of carbonyl (C=O) groups excluding carboxylic acids is 1. The van der Waals surface area contributed by atoms with E-state index < -0.39 is 17.6 Å². The maximum absolute atomic E-state index is 13.6. The maximum Gasteiger partial charge on any atom is 0.378 e. The first-order valence-electron chi connectivity index (χ1n) is 5.59. The molecule has 2 rings (SSSR count). The van der Waals surface area contributed by atoms with Gasteiger partial charge in [0.1, 0.15) is 17.3 Å². The lowest BCUT2D eigenvalue weighted by atomic mass is 10.3. The van der Waals surface area contributed by atoms with Gasteiger partial charge in [-0.3, -0.25) is 0 Å². The summed E-state index contributed by atoms with van der Waals surface area (Å²) in [5, 5.41) is 3.86. The van der Waals surface area contributed by atoms with Crippen LogP contribution in [0.2, 0.25) is 0 Å². The van der Waals surface area contributed by atoms with E-state index in [1.165, 1.54) is 6.07 Å². The Bertz CT molecular complexity index is 625. The van der Waals surface area contributed by atoms with Gasteiger partial charge < -0.3 is 4.74 Å². The molecule has 0 atom stereocenters. The summed E-state index contributed by atoms with van der Waals surface area (Å²) < 4.78 is 32.3. The van der Waals surface area contributed by atoms with E-state index in [1.807, 2.05) is 0 Å². The molecule has 1 aromatic heterocycles. The molecule has 0 N–H and O–H groups in total. The van der Waals surface area contributed by atoms with Crippen molar-refractivity contribution in [2.45, 2.75) is 13.8 Å². The molecule has 0 spiro atoms. The van der Waals surface area contributed by atoms with Crippen LogP contribution in [0.1, 0.15) is 23.4 Å². The lowest BCUT2D eigenvalue weighted by Gasteiger charge is -2.03. The topological polar surface area (TPSA) is 57.0 Å². The Morgan fingerprint density at radius 1 is 1.42 bits per heavy atom. The fourth-order valence-corrected chi connectivity index (χ4v) is 1.55. The number of hydrogen-bond donors (Lipinski definition) is 0. The largest absolute Gasteiger partial charge is 0.460 e. The number of aryl methyl sites for hydroxylation is 1. The van der Waals surface area contributed by atoms with Crippen molar-refractivity contribution >= 4 is 5.97 Å². The molecule has 0 aliphatic rings. The second kappa shape index (κ2) is 5.13. The molecule has 0 aliphatic heterocycles. The second-order valence-electron chi connectivity index (χ2n) is 3.71. The minimum atomic E-state index is -0.789. The van der Waals surface area contributed by atoms with Crippen molar-refractivity contribution in [2.75, 3.05) is 6.61 Å². The van der Waals surface area contributed by atoms with Gasteiger partial charge in [-0.1, -0.05) is 0 Å². The number of carbonyl (C=O) groups is 1. The summed E-state index contributed by atoms with van der Waals surface area (Å²) in [6, 6.07) is 3.06. The number of benzene rings is 1. The van der Waals surface area contributed by atoms with Gasteiger partial charge in [-0.2, -0.15) is 0 Å². The highest BCUT2D eigenvalue weighted by Crippen LogP contribution is 2.15. The smallest absolute Gasteiger partial charge is 0.378 e. The molecule has 0 aliphatic carbocycles. The fraction of sp³-hybridized carbons (Fsp3) is 0.250. The van der Waals surface area contributed by atoms with Crippen LogP contribution in [0.15, 0.2) is 18.2 Å². The Labute approximate surface area is 107 Å². The first-order valence-corrected chi connectivity index (χ1v) is 5.59. The van der Waals surface area contributed by atoms with E-state index in [-0.39, 0.29) is 18.1 Å². The predicted molar refractivity (Wildman–Crippen MR) is 62.0 cm³/mol. The van der Waals surface area contributed by atoms with Gasteiger partial charge in [-0.15, -0.1) is 5.10 Å². The number of ether oxygens (including phenoxy) is 1. The zero-order valence-electron chi connectivity index (χ0n) is 10.4. The van der Waals surface area contributed by atoms with Crippen molar-refractivity contribution in [1.29, 1.82) is 0 Å². The molecule has 100 valence electrons. The molecule has 1 heterocycles. The molecular weight excluding hydrogens is 256 g/mol. The van der Waals surface area contributed by atoms with Crippen LogP contribution in [-0.4, -0.2) is 27.3 Å². The number of hydrogen-bond acceptors (Lipinski definition) is 4. The zero-order chi connectivity index (χ0) is 14.0. The molecule has 1 aromatic carbocycles. The maximum atomic E-state index is 13.6. The molecule has 0 amide bonds. The van der Waals surface area contributed by atoms with E-state index in [0.717, 1.165) is 16.8 Å². The highest BCUT2D eigenvalue weighted by Gasteiger charge is 2.17. The van der Waals surface area contributed by atoms with Crippen LogP contribution in [0.4, 0.5) is 8.78 Å². The lowest BCUT2D eigenvalue weighted by Crippen LogP contribution is -2.08. The Kier molecular flexibility index (Phi) is 3.55. The highest BCUT2D eigenvalue weighted by atomic mass is 19.1. The van der Waals surface area contributed by atoms with Crippen LogP contribution >= 0.6 is 0 Å². The van der Waals surface area contributed by atoms with Crippen molar-refractivity contribution in [3.05, 3.63) is 41.5 Å². The fourth-order valence-electron chi connectivity index (χ4n) is 1.55. The van der Waals surface area contributed by atoms with Crippen molar-refractivity contribution in [2.24, 2.45) is 0 Å². The number of aromatic nitrogens is 3. The summed E-state index contributed by atoms with van der Waals surface area (Å²) in [4.78, 5) is 15.4. The summed E-state index contributed by atoms with van der Waals surface area (Å²) in [6.07, 6.45) is 0. The minimum Gasteiger partial charge on any atom is -0.460 e. The van der Waals surface area contributed by atoms with Gasteiger partial charge in [-0.25, -0.2) is 23.2 Å². The summed E-state index contributed by atoms with van der Waals surface area (Å²) in [6.45, 7) is 3.40. The van der Waals surface area contributed by atoms with Gasteiger partial charge in [0.15, 0.2) is 5.82 Å². The predicted octanol–water partition coefficient (Wildman–Crippen LogP) is 2.03. The summed E-state index contributed by atoms with van der Waals surface area (Å²) in [5.41, 5.74) is 0.0157. The Morgan fingerprint density at radius 3 is 2.79 bits per heavy atom. The second-order valence-corrected chi connectivity index (χ2v) is 3.71. The number of rotatable bonds is 3. The molecule has 0 radical (unpaired) electrons. The Hall–Kier alpha value is -2.31. The third-order valence-electron chi connectivity index (χ3n) is 2.36. The van der Waals surface area contributed by atoms with Gasteiger partial charge >= 0.3 is 5.97 Å². The molecule has 5 nitrogen and oxygen atoms in total. The van der Waals surface area contributed by atoms with E-state index in [2.05, 4.69) is 10.1 Å². The SMILES string of the molecule is CCOC(=O)c1nc(C)n(-c2ccc(F)cc2F)n1. The summed E-state index contributed by atoms with van der Waals surface area (Å²) in [5.74, 6) is -2.03. The van der Waals surface area contributed by atoms with E-state index in [0.29, 0.717) is 5.82 Å². The van der Waals surface area contributed by atoms with Gasteiger partial charge in [0.2, 0.25) is 0 Å². The lowest BCUT2D eigenvalue weighted by molar-refractivity contribution is 0.0512. The normalized spacial score (nSPS) is 10.5. The van der Waals surface area contributed by atoms with Crippen LogP contribution in [-0.2, 0) is 4.74 Å². The molecule has 0 unspecified atom stereocenters. The van der Waals surface area contributed by atoms with Crippen molar-refractivity contribution < 1.29 is 18.3 Å². The monoisotopic (exact) mass is 267 g/mol.